The molecule has 1 aliphatic rings. The summed E-state index contributed by atoms with van der Waals surface area (Å²) in [5, 5.41) is 0. The Morgan fingerprint density at radius 3 is 2.76 bits per heavy atom. The van der Waals surface area contributed by atoms with Crippen LogP contribution in [-0.2, 0) is 4.74 Å². The molecule has 0 fully saturated rings. The van der Waals surface area contributed by atoms with Crippen LogP contribution >= 0.6 is 0 Å². The molecule has 0 bridgehead atoms. The minimum Gasteiger partial charge on any atom is -0.492 e. The van der Waals surface area contributed by atoms with Gasteiger partial charge in [0.25, 0.3) is 0 Å². The third-order valence-corrected chi connectivity index (χ3v) is 2.00. The Morgan fingerprint density at radius 2 is 2.00 bits per heavy atom. The highest BCUT2D eigenvalue weighted by Gasteiger charge is 2.27. The van der Waals surface area contributed by atoms with E-state index in [1.165, 1.54) is 6.08 Å². The van der Waals surface area contributed by atoms with Crippen molar-refractivity contribution in [2.75, 3.05) is 13.4 Å². The fourth-order valence-electron chi connectivity index (χ4n) is 1.29. The fraction of sp³-hybridized carbons (Fsp3) is 0.273. The van der Waals surface area contributed by atoms with Crippen LogP contribution in [0.25, 0.3) is 6.08 Å². The van der Waals surface area contributed by atoms with E-state index < -0.39 is 12.8 Å². The highest BCUT2D eigenvalue weighted by Crippen LogP contribution is 2.32. The maximum atomic E-state index is 11.8. The van der Waals surface area contributed by atoms with Gasteiger partial charge in [0.2, 0.25) is 6.79 Å². The molecule has 0 saturated carbocycles. The van der Waals surface area contributed by atoms with Gasteiger partial charge in [0.05, 0.1) is 6.26 Å². The summed E-state index contributed by atoms with van der Waals surface area (Å²) >= 11 is 0. The van der Waals surface area contributed by atoms with Gasteiger partial charge in [0, 0.05) is 0 Å². The molecule has 0 atom stereocenters. The predicted octanol–water partition coefficient (Wildman–Crippen LogP) is 2.96. The normalized spacial score (nSPS) is 14.3. The fourth-order valence-corrected chi connectivity index (χ4v) is 1.29. The highest BCUT2D eigenvalue weighted by molar-refractivity contribution is 5.55. The van der Waals surface area contributed by atoms with Crippen molar-refractivity contribution in [2.24, 2.45) is 0 Å². The smallest absolute Gasteiger partial charge is 0.422 e. The van der Waals surface area contributed by atoms with Crippen LogP contribution in [0.5, 0.6) is 11.5 Å². The monoisotopic (exact) mass is 246 g/mol. The van der Waals surface area contributed by atoms with E-state index in [0.29, 0.717) is 17.1 Å². The highest BCUT2D eigenvalue weighted by atomic mass is 19.4. The van der Waals surface area contributed by atoms with Crippen molar-refractivity contribution < 1.29 is 27.4 Å². The molecular weight excluding hydrogens is 237 g/mol. The van der Waals surface area contributed by atoms with Gasteiger partial charge in [-0.05, 0) is 23.8 Å². The molecule has 0 radical (unpaired) electrons. The van der Waals surface area contributed by atoms with Gasteiger partial charge in [-0.15, -0.1) is 0 Å². The molecule has 92 valence electrons. The Balaban J connectivity index is 1.93. The second-order valence-electron chi connectivity index (χ2n) is 3.34. The zero-order valence-electron chi connectivity index (χ0n) is 8.66. The third-order valence-electron chi connectivity index (χ3n) is 2.00. The van der Waals surface area contributed by atoms with Gasteiger partial charge in [-0.3, -0.25) is 0 Å². The number of benzene rings is 1. The molecule has 0 aromatic heterocycles. The van der Waals surface area contributed by atoms with Gasteiger partial charge in [-0.1, -0.05) is 6.07 Å². The average molecular weight is 246 g/mol. The summed E-state index contributed by atoms with van der Waals surface area (Å²) in [4.78, 5) is 0. The lowest BCUT2D eigenvalue weighted by atomic mass is 10.2. The number of rotatable bonds is 3. The van der Waals surface area contributed by atoms with E-state index in [9.17, 15) is 13.2 Å². The molecule has 1 heterocycles. The van der Waals surface area contributed by atoms with E-state index >= 15 is 0 Å². The van der Waals surface area contributed by atoms with E-state index in [2.05, 4.69) is 4.74 Å². The lowest BCUT2D eigenvalue weighted by molar-refractivity contribution is -0.161. The summed E-state index contributed by atoms with van der Waals surface area (Å²) < 4.78 is 49.9. The van der Waals surface area contributed by atoms with Crippen molar-refractivity contribution in [1.82, 2.24) is 0 Å². The molecule has 0 unspecified atom stereocenters. The number of ether oxygens (including phenoxy) is 3. The summed E-state index contributed by atoms with van der Waals surface area (Å²) in [6, 6.07) is 5.04. The second-order valence-corrected chi connectivity index (χ2v) is 3.34. The molecule has 2 rings (SSSR count). The van der Waals surface area contributed by atoms with Crippen LogP contribution in [0.3, 0.4) is 0 Å². The molecule has 1 aromatic rings. The third kappa shape index (κ3) is 3.30. The van der Waals surface area contributed by atoms with Crippen molar-refractivity contribution in [3.8, 4) is 11.5 Å². The number of fused-ring (bicyclic) bond motifs is 1. The first kappa shape index (κ1) is 11.6. The maximum Gasteiger partial charge on any atom is 0.422 e. The van der Waals surface area contributed by atoms with Gasteiger partial charge in [-0.2, -0.15) is 13.2 Å². The van der Waals surface area contributed by atoms with Crippen molar-refractivity contribution in [1.29, 1.82) is 0 Å². The van der Waals surface area contributed by atoms with Crippen LogP contribution in [-0.4, -0.2) is 19.6 Å². The quantitative estimate of drug-likeness (QED) is 0.767. The van der Waals surface area contributed by atoms with Crippen LogP contribution in [0, 0.1) is 0 Å². The van der Waals surface area contributed by atoms with Crippen molar-refractivity contribution >= 4 is 6.08 Å². The van der Waals surface area contributed by atoms with E-state index in [1.807, 2.05) is 0 Å². The van der Waals surface area contributed by atoms with Gasteiger partial charge in [0.15, 0.2) is 18.1 Å². The summed E-state index contributed by atoms with van der Waals surface area (Å²) in [6.45, 7) is -1.14. The van der Waals surface area contributed by atoms with E-state index in [-0.39, 0.29) is 6.79 Å². The zero-order chi connectivity index (χ0) is 12.3. The number of halogens is 3. The van der Waals surface area contributed by atoms with E-state index in [4.69, 9.17) is 9.47 Å². The number of hydrogen-bond donors (Lipinski definition) is 0. The summed E-state index contributed by atoms with van der Waals surface area (Å²) in [5.41, 5.74) is 0.677. The first-order valence-electron chi connectivity index (χ1n) is 4.79. The molecule has 1 aliphatic heterocycles. The standard InChI is InChI=1S/C11H9F3O3/c12-11(13,14)6-15-4-3-8-1-2-9-10(5-8)17-7-16-9/h1-5H,6-7H2/b4-3+. The topological polar surface area (TPSA) is 27.7 Å². The summed E-state index contributed by atoms with van der Waals surface area (Å²) in [6.07, 6.45) is -1.89. The molecule has 3 nitrogen and oxygen atoms in total. The number of alkyl halides is 3. The Labute approximate surface area is 95.4 Å². The van der Waals surface area contributed by atoms with Crippen LogP contribution in [0.4, 0.5) is 13.2 Å². The van der Waals surface area contributed by atoms with E-state index in [0.717, 1.165) is 6.26 Å². The van der Waals surface area contributed by atoms with Gasteiger partial charge < -0.3 is 14.2 Å². The molecule has 1 aromatic carbocycles. The molecule has 0 aliphatic carbocycles. The van der Waals surface area contributed by atoms with Crippen LogP contribution in [0.15, 0.2) is 24.5 Å². The van der Waals surface area contributed by atoms with Crippen LogP contribution < -0.4 is 9.47 Å². The van der Waals surface area contributed by atoms with Crippen molar-refractivity contribution in [3.63, 3.8) is 0 Å². The maximum absolute atomic E-state index is 11.8. The lowest BCUT2D eigenvalue weighted by Crippen LogP contribution is -2.14. The number of hydrogen-bond acceptors (Lipinski definition) is 3. The Kier molecular flexibility index (Phi) is 3.12. The molecule has 6 heteroatoms. The second kappa shape index (κ2) is 4.57. The summed E-state index contributed by atoms with van der Waals surface area (Å²) in [5.74, 6) is 1.20. The SMILES string of the molecule is FC(F)(F)CO/C=C/c1ccc2c(c1)OCO2. The predicted molar refractivity (Wildman–Crippen MR) is 53.6 cm³/mol. The molecular formula is C11H9F3O3. The molecule has 17 heavy (non-hydrogen) atoms. The Morgan fingerprint density at radius 1 is 1.24 bits per heavy atom. The Bertz CT molecular complexity index is 426. The molecule has 0 saturated heterocycles. The minimum absolute atomic E-state index is 0.160. The first-order valence-corrected chi connectivity index (χ1v) is 4.79. The van der Waals surface area contributed by atoms with Gasteiger partial charge in [-0.25, -0.2) is 0 Å². The van der Waals surface area contributed by atoms with Gasteiger partial charge >= 0.3 is 6.18 Å². The largest absolute Gasteiger partial charge is 0.492 e. The van der Waals surface area contributed by atoms with Crippen LogP contribution in [0.1, 0.15) is 5.56 Å². The van der Waals surface area contributed by atoms with E-state index in [1.54, 1.807) is 18.2 Å². The summed E-state index contributed by atoms with van der Waals surface area (Å²) in [7, 11) is 0. The van der Waals surface area contributed by atoms with Crippen molar-refractivity contribution in [2.45, 2.75) is 6.18 Å². The molecule has 0 amide bonds. The van der Waals surface area contributed by atoms with Crippen molar-refractivity contribution in [3.05, 3.63) is 30.0 Å². The molecule has 0 spiro atoms. The average Bonchev–Trinajstić information content (AvgIpc) is 2.70. The Hall–Kier alpha value is -1.85. The van der Waals surface area contributed by atoms with Crippen LogP contribution in [0.2, 0.25) is 0 Å². The lowest BCUT2D eigenvalue weighted by Gasteiger charge is -2.04. The zero-order valence-corrected chi connectivity index (χ0v) is 8.66. The molecule has 0 N–H and O–H groups in total. The van der Waals surface area contributed by atoms with Gasteiger partial charge in [0.1, 0.15) is 0 Å². The first-order chi connectivity index (χ1) is 8.04. The minimum atomic E-state index is -4.32.